The molecule has 1 aromatic carbocycles. The van der Waals surface area contributed by atoms with E-state index in [1.54, 1.807) is 6.26 Å². The van der Waals surface area contributed by atoms with Crippen molar-refractivity contribution in [2.24, 2.45) is 0 Å². The van der Waals surface area contributed by atoms with Gasteiger partial charge in [-0.3, -0.25) is 0 Å². The number of hydrogen-bond acceptors (Lipinski definition) is 4. The summed E-state index contributed by atoms with van der Waals surface area (Å²) in [6.45, 7) is 1.72. The SMILES string of the molecule is C(=C\c1ccccc1)/OCC1COC2(CCCCCO2)O1. The van der Waals surface area contributed by atoms with E-state index in [9.17, 15) is 0 Å². The normalized spacial score (nSPS) is 29.8. The van der Waals surface area contributed by atoms with Gasteiger partial charge in [-0.2, -0.15) is 0 Å². The Labute approximate surface area is 125 Å². The average Bonchev–Trinajstić information content (AvgIpc) is 2.76. The Kier molecular flexibility index (Phi) is 4.91. The van der Waals surface area contributed by atoms with Crippen molar-refractivity contribution < 1.29 is 18.9 Å². The molecule has 0 amide bonds. The zero-order valence-electron chi connectivity index (χ0n) is 12.2. The maximum atomic E-state index is 5.92. The molecule has 114 valence electrons. The van der Waals surface area contributed by atoms with Crippen molar-refractivity contribution in [2.75, 3.05) is 19.8 Å². The first-order valence-corrected chi connectivity index (χ1v) is 7.65. The van der Waals surface area contributed by atoms with Crippen molar-refractivity contribution in [3.63, 3.8) is 0 Å². The summed E-state index contributed by atoms with van der Waals surface area (Å²) in [4.78, 5) is 0. The Bertz CT molecular complexity index is 449. The highest BCUT2D eigenvalue weighted by molar-refractivity contribution is 5.47. The van der Waals surface area contributed by atoms with Gasteiger partial charge < -0.3 is 18.9 Å². The van der Waals surface area contributed by atoms with Gasteiger partial charge in [0, 0.05) is 6.42 Å². The molecule has 2 aliphatic rings. The van der Waals surface area contributed by atoms with Gasteiger partial charge in [0.25, 0.3) is 5.97 Å². The highest BCUT2D eigenvalue weighted by Crippen LogP contribution is 2.33. The van der Waals surface area contributed by atoms with Crippen LogP contribution in [0.4, 0.5) is 0 Å². The minimum atomic E-state index is -0.812. The van der Waals surface area contributed by atoms with Crippen LogP contribution in [0.15, 0.2) is 36.6 Å². The summed E-state index contributed by atoms with van der Waals surface area (Å²) in [5, 5.41) is 0. The number of rotatable bonds is 4. The minimum absolute atomic E-state index is 0.0662. The summed E-state index contributed by atoms with van der Waals surface area (Å²) in [7, 11) is 0. The molecule has 2 heterocycles. The van der Waals surface area contributed by atoms with Crippen LogP contribution < -0.4 is 0 Å². The second-order valence-corrected chi connectivity index (χ2v) is 5.44. The summed E-state index contributed by atoms with van der Waals surface area (Å²) in [5.74, 6) is -0.812. The molecule has 0 aliphatic carbocycles. The predicted molar refractivity (Wildman–Crippen MR) is 79.4 cm³/mol. The quantitative estimate of drug-likeness (QED) is 0.797. The molecule has 0 saturated carbocycles. The molecule has 0 radical (unpaired) electrons. The molecule has 1 spiro atoms. The maximum absolute atomic E-state index is 5.92. The third-order valence-corrected chi connectivity index (χ3v) is 3.72. The van der Waals surface area contributed by atoms with Gasteiger partial charge in [-0.15, -0.1) is 0 Å². The Balaban J connectivity index is 1.43. The van der Waals surface area contributed by atoms with Crippen molar-refractivity contribution in [1.82, 2.24) is 0 Å². The average molecular weight is 290 g/mol. The van der Waals surface area contributed by atoms with E-state index in [4.69, 9.17) is 18.9 Å². The summed E-state index contributed by atoms with van der Waals surface area (Å²) in [5.41, 5.74) is 1.12. The highest BCUT2D eigenvalue weighted by Gasteiger charge is 2.43. The van der Waals surface area contributed by atoms with E-state index in [1.165, 1.54) is 6.42 Å². The molecule has 4 heteroatoms. The van der Waals surface area contributed by atoms with Crippen LogP contribution in [0.3, 0.4) is 0 Å². The lowest BCUT2D eigenvalue weighted by atomic mass is 10.2. The van der Waals surface area contributed by atoms with E-state index in [0.29, 0.717) is 19.8 Å². The molecule has 2 atom stereocenters. The lowest BCUT2D eigenvalue weighted by Gasteiger charge is -2.25. The third-order valence-electron chi connectivity index (χ3n) is 3.72. The molecule has 0 bridgehead atoms. The van der Waals surface area contributed by atoms with Crippen LogP contribution in [0.25, 0.3) is 6.08 Å². The number of benzene rings is 1. The third kappa shape index (κ3) is 4.06. The molecule has 3 rings (SSSR count). The Morgan fingerprint density at radius 3 is 2.95 bits per heavy atom. The molecule has 2 unspecified atom stereocenters. The van der Waals surface area contributed by atoms with E-state index < -0.39 is 5.97 Å². The monoisotopic (exact) mass is 290 g/mol. The van der Waals surface area contributed by atoms with Gasteiger partial charge in [-0.1, -0.05) is 36.8 Å². The van der Waals surface area contributed by atoms with E-state index in [1.807, 2.05) is 36.4 Å². The van der Waals surface area contributed by atoms with Crippen LogP contribution in [0.1, 0.15) is 31.2 Å². The van der Waals surface area contributed by atoms with Crippen LogP contribution in [-0.2, 0) is 18.9 Å². The molecule has 0 aromatic heterocycles. The summed E-state index contributed by atoms with van der Waals surface area (Å²) in [6.07, 6.45) is 7.73. The van der Waals surface area contributed by atoms with Crippen molar-refractivity contribution >= 4 is 6.08 Å². The zero-order chi connectivity index (χ0) is 14.4. The molecule has 2 fully saturated rings. The van der Waals surface area contributed by atoms with Gasteiger partial charge in [0.1, 0.15) is 12.7 Å². The van der Waals surface area contributed by atoms with Gasteiger partial charge in [-0.05, 0) is 24.5 Å². The fourth-order valence-electron chi connectivity index (χ4n) is 2.60. The van der Waals surface area contributed by atoms with Crippen LogP contribution in [0.2, 0.25) is 0 Å². The molecular weight excluding hydrogens is 268 g/mol. The molecule has 2 aliphatic heterocycles. The Hall–Kier alpha value is -1.36. The van der Waals surface area contributed by atoms with Crippen molar-refractivity contribution in [3.05, 3.63) is 42.2 Å². The van der Waals surface area contributed by atoms with Gasteiger partial charge in [-0.25, -0.2) is 0 Å². The predicted octanol–water partition coefficient (Wildman–Crippen LogP) is 3.33. The van der Waals surface area contributed by atoms with Gasteiger partial charge >= 0.3 is 0 Å². The van der Waals surface area contributed by atoms with Crippen molar-refractivity contribution in [3.8, 4) is 0 Å². The Morgan fingerprint density at radius 1 is 1.14 bits per heavy atom. The summed E-state index contributed by atoms with van der Waals surface area (Å²) >= 11 is 0. The van der Waals surface area contributed by atoms with E-state index >= 15 is 0 Å². The van der Waals surface area contributed by atoms with E-state index in [2.05, 4.69) is 0 Å². The molecule has 21 heavy (non-hydrogen) atoms. The molecule has 4 nitrogen and oxygen atoms in total. The molecular formula is C17H22O4. The topological polar surface area (TPSA) is 36.9 Å². The second kappa shape index (κ2) is 7.07. The number of hydrogen-bond donors (Lipinski definition) is 0. The van der Waals surface area contributed by atoms with Gasteiger partial charge in [0.2, 0.25) is 0 Å². The standard InChI is InChI=1S/C17H22O4/c1-3-7-15(8-4-1)9-12-18-13-16-14-20-17(21-16)10-5-2-6-11-19-17/h1,3-4,7-9,12,16H,2,5-6,10-11,13-14H2/b12-9+. The van der Waals surface area contributed by atoms with Gasteiger partial charge in [0.05, 0.1) is 19.5 Å². The fourth-order valence-corrected chi connectivity index (χ4v) is 2.60. The lowest BCUT2D eigenvalue weighted by Crippen LogP contribution is -2.34. The first-order chi connectivity index (χ1) is 10.4. The lowest BCUT2D eigenvalue weighted by molar-refractivity contribution is -0.337. The molecule has 2 saturated heterocycles. The molecule has 1 aromatic rings. The fraction of sp³-hybridized carbons (Fsp3) is 0.529. The van der Waals surface area contributed by atoms with Crippen LogP contribution in [0.5, 0.6) is 0 Å². The van der Waals surface area contributed by atoms with Crippen LogP contribution >= 0.6 is 0 Å². The Morgan fingerprint density at radius 2 is 2.05 bits per heavy atom. The first-order valence-electron chi connectivity index (χ1n) is 7.65. The van der Waals surface area contributed by atoms with Crippen molar-refractivity contribution in [2.45, 2.75) is 37.8 Å². The smallest absolute Gasteiger partial charge is 0.283 e. The van der Waals surface area contributed by atoms with E-state index in [-0.39, 0.29) is 6.10 Å². The van der Waals surface area contributed by atoms with Crippen LogP contribution in [0, 0.1) is 0 Å². The van der Waals surface area contributed by atoms with Crippen LogP contribution in [-0.4, -0.2) is 31.9 Å². The minimum Gasteiger partial charge on any atom is -0.498 e. The first kappa shape index (κ1) is 14.6. The maximum Gasteiger partial charge on any atom is 0.283 e. The van der Waals surface area contributed by atoms with E-state index in [0.717, 1.165) is 24.8 Å². The summed E-state index contributed by atoms with van der Waals surface area (Å²) < 4.78 is 22.9. The zero-order valence-corrected chi connectivity index (χ0v) is 12.2. The largest absolute Gasteiger partial charge is 0.498 e. The van der Waals surface area contributed by atoms with Gasteiger partial charge in [0.15, 0.2) is 0 Å². The number of ether oxygens (including phenoxy) is 4. The highest BCUT2D eigenvalue weighted by atomic mass is 16.9. The van der Waals surface area contributed by atoms with Crippen molar-refractivity contribution in [1.29, 1.82) is 0 Å². The molecule has 0 N–H and O–H groups in total. The summed E-state index contributed by atoms with van der Waals surface area (Å²) in [6, 6.07) is 10.1. The second-order valence-electron chi connectivity index (χ2n) is 5.44.